The van der Waals surface area contributed by atoms with Crippen molar-refractivity contribution in [3.63, 3.8) is 0 Å². The molecule has 0 bridgehead atoms. The van der Waals surface area contributed by atoms with Gasteiger partial charge < -0.3 is 5.73 Å². The first-order valence-electron chi connectivity index (χ1n) is 6.53. The number of halogens is 2. The van der Waals surface area contributed by atoms with E-state index in [2.05, 4.69) is 18.7 Å². The Morgan fingerprint density at radius 1 is 1.22 bits per heavy atom. The smallest absolute Gasteiger partial charge is 0.0595 e. The molecule has 4 heteroatoms. The van der Waals surface area contributed by atoms with Crippen LogP contribution in [-0.4, -0.2) is 24.5 Å². The van der Waals surface area contributed by atoms with Crippen LogP contribution >= 0.6 is 23.2 Å². The van der Waals surface area contributed by atoms with Gasteiger partial charge in [-0.2, -0.15) is 0 Å². The number of likely N-dealkylation sites (N-methyl/N-ethyl adjacent to an activating group) is 1. The topological polar surface area (TPSA) is 29.3 Å². The summed E-state index contributed by atoms with van der Waals surface area (Å²) in [6, 6.07) is 6.00. The Kier molecular flexibility index (Phi) is 7.02. The van der Waals surface area contributed by atoms with Gasteiger partial charge in [0.25, 0.3) is 0 Å². The maximum atomic E-state index is 6.08. The largest absolute Gasteiger partial charge is 0.329 e. The van der Waals surface area contributed by atoms with E-state index in [0.717, 1.165) is 18.7 Å². The zero-order valence-corrected chi connectivity index (χ0v) is 12.6. The second-order valence-corrected chi connectivity index (χ2v) is 5.22. The molecule has 18 heavy (non-hydrogen) atoms. The summed E-state index contributed by atoms with van der Waals surface area (Å²) in [7, 11) is 0. The van der Waals surface area contributed by atoms with Crippen LogP contribution in [-0.2, 0) is 0 Å². The van der Waals surface area contributed by atoms with Crippen molar-refractivity contribution in [3.05, 3.63) is 33.8 Å². The van der Waals surface area contributed by atoms with Gasteiger partial charge in [-0.1, -0.05) is 49.5 Å². The van der Waals surface area contributed by atoms with Crippen LogP contribution in [0.25, 0.3) is 0 Å². The molecule has 0 spiro atoms. The van der Waals surface area contributed by atoms with Gasteiger partial charge in [0.15, 0.2) is 0 Å². The molecule has 102 valence electrons. The lowest BCUT2D eigenvalue weighted by Crippen LogP contribution is -2.34. The maximum Gasteiger partial charge on any atom is 0.0595 e. The van der Waals surface area contributed by atoms with E-state index in [1.165, 1.54) is 12.8 Å². The van der Waals surface area contributed by atoms with E-state index in [0.29, 0.717) is 16.6 Å². The van der Waals surface area contributed by atoms with Gasteiger partial charge in [0.05, 0.1) is 10.0 Å². The van der Waals surface area contributed by atoms with Crippen LogP contribution in [0.15, 0.2) is 18.2 Å². The Morgan fingerprint density at radius 2 is 1.94 bits per heavy atom. The molecule has 1 unspecified atom stereocenters. The molecule has 0 aliphatic heterocycles. The van der Waals surface area contributed by atoms with Crippen molar-refractivity contribution in [2.24, 2.45) is 5.73 Å². The van der Waals surface area contributed by atoms with Gasteiger partial charge in [0, 0.05) is 12.6 Å². The van der Waals surface area contributed by atoms with Crippen LogP contribution in [0.4, 0.5) is 0 Å². The Labute approximate surface area is 120 Å². The summed E-state index contributed by atoms with van der Waals surface area (Å²) >= 11 is 12.0. The molecule has 0 amide bonds. The summed E-state index contributed by atoms with van der Waals surface area (Å²) in [6.07, 6.45) is 2.38. The number of benzene rings is 1. The van der Waals surface area contributed by atoms with Crippen LogP contribution in [0.5, 0.6) is 0 Å². The van der Waals surface area contributed by atoms with Crippen molar-refractivity contribution in [1.82, 2.24) is 4.90 Å². The highest BCUT2D eigenvalue weighted by molar-refractivity contribution is 6.42. The lowest BCUT2D eigenvalue weighted by Gasteiger charge is -2.30. The second kappa shape index (κ2) is 8.00. The Morgan fingerprint density at radius 3 is 2.44 bits per heavy atom. The van der Waals surface area contributed by atoms with Crippen molar-refractivity contribution < 1.29 is 0 Å². The van der Waals surface area contributed by atoms with Crippen LogP contribution in [0.3, 0.4) is 0 Å². The van der Waals surface area contributed by atoms with E-state index in [9.17, 15) is 0 Å². The van der Waals surface area contributed by atoms with Crippen LogP contribution in [0, 0.1) is 0 Å². The van der Waals surface area contributed by atoms with Gasteiger partial charge in [-0.25, -0.2) is 0 Å². The fraction of sp³-hybridized carbons (Fsp3) is 0.571. The molecule has 0 saturated heterocycles. The average Bonchev–Trinajstić information content (AvgIpc) is 2.38. The molecule has 0 heterocycles. The molecule has 0 aliphatic carbocycles. The standard InChI is InChI=1S/C14H22Cl2N2/c1-3-5-8-18(4-2)14(10-17)11-6-7-12(15)13(16)9-11/h6-7,9,14H,3-5,8,10,17H2,1-2H3. The number of nitrogens with zero attached hydrogens (tertiary/aromatic N) is 1. The van der Waals surface area contributed by atoms with Gasteiger partial charge in [-0.05, 0) is 37.2 Å². The molecule has 2 N–H and O–H groups in total. The minimum atomic E-state index is 0.219. The van der Waals surface area contributed by atoms with E-state index in [1.807, 2.05) is 18.2 Å². The zero-order valence-electron chi connectivity index (χ0n) is 11.1. The van der Waals surface area contributed by atoms with E-state index in [4.69, 9.17) is 28.9 Å². The minimum absolute atomic E-state index is 0.219. The quantitative estimate of drug-likeness (QED) is 0.818. The molecule has 1 atom stereocenters. The third-order valence-corrected chi connectivity index (χ3v) is 3.94. The number of hydrogen-bond donors (Lipinski definition) is 1. The lowest BCUT2D eigenvalue weighted by molar-refractivity contribution is 0.209. The van der Waals surface area contributed by atoms with Gasteiger partial charge in [0.1, 0.15) is 0 Å². The highest BCUT2D eigenvalue weighted by Crippen LogP contribution is 2.28. The third kappa shape index (κ3) is 4.13. The Balaban J connectivity index is 2.88. The van der Waals surface area contributed by atoms with Crippen LogP contribution in [0.2, 0.25) is 10.0 Å². The molecular formula is C14H22Cl2N2. The number of rotatable bonds is 7. The minimum Gasteiger partial charge on any atom is -0.329 e. The highest BCUT2D eigenvalue weighted by Gasteiger charge is 2.17. The van der Waals surface area contributed by atoms with E-state index >= 15 is 0 Å². The molecule has 0 aliphatic rings. The summed E-state index contributed by atoms with van der Waals surface area (Å²) in [5.41, 5.74) is 7.07. The van der Waals surface area contributed by atoms with E-state index < -0.39 is 0 Å². The molecule has 0 aromatic heterocycles. The van der Waals surface area contributed by atoms with E-state index in [-0.39, 0.29) is 6.04 Å². The first kappa shape index (κ1) is 15.8. The Bertz CT molecular complexity index is 369. The van der Waals surface area contributed by atoms with Gasteiger partial charge in [-0.3, -0.25) is 4.90 Å². The third-order valence-electron chi connectivity index (χ3n) is 3.20. The zero-order chi connectivity index (χ0) is 13.5. The van der Waals surface area contributed by atoms with Crippen LogP contribution in [0.1, 0.15) is 38.3 Å². The summed E-state index contributed by atoms with van der Waals surface area (Å²) < 4.78 is 0. The number of nitrogens with two attached hydrogens (primary N) is 1. The number of unbranched alkanes of at least 4 members (excludes halogenated alkanes) is 1. The molecular weight excluding hydrogens is 267 g/mol. The maximum absolute atomic E-state index is 6.08. The summed E-state index contributed by atoms with van der Waals surface area (Å²) in [6.45, 7) is 7.01. The fourth-order valence-electron chi connectivity index (χ4n) is 2.11. The highest BCUT2D eigenvalue weighted by atomic mass is 35.5. The van der Waals surface area contributed by atoms with E-state index in [1.54, 1.807) is 0 Å². The molecule has 0 saturated carbocycles. The molecule has 1 aromatic rings. The monoisotopic (exact) mass is 288 g/mol. The lowest BCUT2D eigenvalue weighted by atomic mass is 10.0. The normalized spacial score (nSPS) is 13.0. The molecule has 0 radical (unpaired) electrons. The summed E-state index contributed by atoms with van der Waals surface area (Å²) in [5, 5.41) is 1.19. The molecule has 1 rings (SSSR count). The van der Waals surface area contributed by atoms with Gasteiger partial charge in [-0.15, -0.1) is 0 Å². The SMILES string of the molecule is CCCCN(CC)C(CN)c1ccc(Cl)c(Cl)c1. The predicted octanol–water partition coefficient (Wildman–Crippen LogP) is 4.12. The van der Waals surface area contributed by atoms with Crippen LogP contribution < -0.4 is 5.73 Å². The summed E-state index contributed by atoms with van der Waals surface area (Å²) in [5.74, 6) is 0. The van der Waals surface area contributed by atoms with Crippen molar-refractivity contribution in [2.75, 3.05) is 19.6 Å². The number of hydrogen-bond acceptors (Lipinski definition) is 2. The van der Waals surface area contributed by atoms with Crippen molar-refractivity contribution in [3.8, 4) is 0 Å². The molecule has 0 fully saturated rings. The molecule has 2 nitrogen and oxygen atoms in total. The summed E-state index contributed by atoms with van der Waals surface area (Å²) in [4.78, 5) is 2.39. The average molecular weight is 289 g/mol. The Hall–Kier alpha value is -0.280. The first-order chi connectivity index (χ1) is 8.63. The fourth-order valence-corrected chi connectivity index (χ4v) is 2.42. The van der Waals surface area contributed by atoms with Gasteiger partial charge >= 0.3 is 0 Å². The predicted molar refractivity (Wildman–Crippen MR) is 80.4 cm³/mol. The second-order valence-electron chi connectivity index (χ2n) is 4.41. The first-order valence-corrected chi connectivity index (χ1v) is 7.28. The van der Waals surface area contributed by atoms with Crippen molar-refractivity contribution in [1.29, 1.82) is 0 Å². The van der Waals surface area contributed by atoms with Crippen molar-refractivity contribution in [2.45, 2.75) is 32.7 Å². The molecule has 1 aromatic carbocycles. The van der Waals surface area contributed by atoms with Gasteiger partial charge in [0.2, 0.25) is 0 Å². The van der Waals surface area contributed by atoms with Crippen molar-refractivity contribution >= 4 is 23.2 Å².